The van der Waals surface area contributed by atoms with E-state index in [1.54, 1.807) is 0 Å². The molecule has 4 saturated carbocycles. The molecule has 3 N–H and O–H groups in total. The van der Waals surface area contributed by atoms with Gasteiger partial charge in [-0.1, -0.05) is 27.7 Å². The molecule has 2 heterocycles. The Hall–Kier alpha value is -0.160. The van der Waals surface area contributed by atoms with Crippen LogP contribution in [0.25, 0.3) is 0 Å². The lowest BCUT2D eigenvalue weighted by Gasteiger charge is -2.62. The van der Waals surface area contributed by atoms with Gasteiger partial charge in [0, 0.05) is 24.3 Å². The largest absolute Gasteiger partial charge is 0.393 e. The molecule has 6 rings (SSSR count). The zero-order valence-corrected chi connectivity index (χ0v) is 20.2. The first-order valence-electron chi connectivity index (χ1n) is 13.4. The summed E-state index contributed by atoms with van der Waals surface area (Å²) in [6.07, 6.45) is 10.7. The lowest BCUT2D eigenvalue weighted by Crippen LogP contribution is -2.61. The molecule has 4 nitrogen and oxygen atoms in total. The van der Waals surface area contributed by atoms with Gasteiger partial charge in [0.25, 0.3) is 0 Å². The summed E-state index contributed by atoms with van der Waals surface area (Å²) in [5.74, 6) is 4.13. The van der Waals surface area contributed by atoms with E-state index in [2.05, 4.69) is 27.7 Å². The van der Waals surface area contributed by atoms with Gasteiger partial charge in [-0.25, -0.2) is 0 Å². The summed E-state index contributed by atoms with van der Waals surface area (Å²) in [5.41, 5.74) is 7.72. The fourth-order valence-electron chi connectivity index (χ4n) is 10.3. The van der Waals surface area contributed by atoms with E-state index < -0.39 is 0 Å². The van der Waals surface area contributed by atoms with Gasteiger partial charge in [-0.3, -0.25) is 0 Å². The molecule has 0 aromatic heterocycles. The second-order valence-electron chi connectivity index (χ2n) is 13.3. The molecule has 0 amide bonds. The van der Waals surface area contributed by atoms with E-state index in [-0.39, 0.29) is 23.3 Å². The average Bonchev–Trinajstić information content (AvgIpc) is 3.18. The Bertz CT molecular complexity index is 719. The Balaban J connectivity index is 1.29. The smallest absolute Gasteiger partial charge is 0.171 e. The Morgan fingerprint density at radius 3 is 2.48 bits per heavy atom. The summed E-state index contributed by atoms with van der Waals surface area (Å²) < 4.78 is 13.4. The molecule has 4 heteroatoms. The van der Waals surface area contributed by atoms with Crippen LogP contribution < -0.4 is 5.73 Å². The highest BCUT2D eigenvalue weighted by Gasteiger charge is 2.71. The molecule has 4 aliphatic carbocycles. The number of nitrogens with two attached hydrogens (primary N) is 1. The predicted octanol–water partition coefficient (Wildman–Crippen LogP) is 4.73. The van der Waals surface area contributed by atoms with Crippen molar-refractivity contribution in [2.24, 2.45) is 58.0 Å². The van der Waals surface area contributed by atoms with Gasteiger partial charge >= 0.3 is 0 Å². The molecule has 6 fully saturated rings. The zero-order chi connectivity index (χ0) is 21.8. The first-order valence-corrected chi connectivity index (χ1v) is 13.4. The van der Waals surface area contributed by atoms with Crippen molar-refractivity contribution in [3.8, 4) is 0 Å². The molecule has 2 aliphatic heterocycles. The first kappa shape index (κ1) is 21.4. The minimum Gasteiger partial charge on any atom is -0.393 e. The molecular weight excluding hydrogens is 386 g/mol. The maximum Gasteiger partial charge on any atom is 0.171 e. The summed E-state index contributed by atoms with van der Waals surface area (Å²) >= 11 is 0. The Morgan fingerprint density at radius 2 is 1.74 bits per heavy atom. The van der Waals surface area contributed by atoms with Crippen molar-refractivity contribution >= 4 is 0 Å². The van der Waals surface area contributed by atoms with Crippen molar-refractivity contribution in [1.29, 1.82) is 0 Å². The van der Waals surface area contributed by atoms with Gasteiger partial charge < -0.3 is 20.3 Å². The molecule has 6 unspecified atom stereocenters. The van der Waals surface area contributed by atoms with Crippen LogP contribution in [-0.4, -0.2) is 35.8 Å². The van der Waals surface area contributed by atoms with Gasteiger partial charge in [0.15, 0.2) is 5.79 Å². The highest BCUT2D eigenvalue weighted by molar-refractivity contribution is 5.18. The van der Waals surface area contributed by atoms with Gasteiger partial charge in [0.1, 0.15) is 0 Å². The Morgan fingerprint density at radius 1 is 0.935 bits per heavy atom. The number of aliphatic hydroxyl groups excluding tert-OH is 1. The van der Waals surface area contributed by atoms with Crippen molar-refractivity contribution in [3.05, 3.63) is 0 Å². The molecular formula is C27H45NO3. The van der Waals surface area contributed by atoms with Gasteiger partial charge in [0.05, 0.1) is 18.8 Å². The fraction of sp³-hybridized carbons (Fsp3) is 1.00. The lowest BCUT2D eigenvalue weighted by atomic mass is 9.43. The maximum absolute atomic E-state index is 10.3. The third-order valence-corrected chi connectivity index (χ3v) is 12.1. The van der Waals surface area contributed by atoms with Crippen molar-refractivity contribution in [2.75, 3.05) is 6.61 Å². The highest BCUT2D eigenvalue weighted by atomic mass is 16.7. The number of hydrogen-bond donors (Lipinski definition) is 2. The van der Waals surface area contributed by atoms with Crippen LogP contribution in [0.15, 0.2) is 0 Å². The van der Waals surface area contributed by atoms with Gasteiger partial charge in [-0.2, -0.15) is 0 Å². The summed E-state index contributed by atoms with van der Waals surface area (Å²) in [5, 5.41) is 10.3. The molecule has 0 radical (unpaired) electrons. The van der Waals surface area contributed by atoms with Crippen molar-refractivity contribution < 1.29 is 14.6 Å². The molecule has 0 aromatic rings. The van der Waals surface area contributed by atoms with Crippen LogP contribution in [0.1, 0.15) is 85.5 Å². The third kappa shape index (κ3) is 2.74. The SMILES string of the molecule is C[C@@H]1CC[C@@]2(OC1)OC1CC3C4CCC5C[C@@H](O)CC[C@]5(C)C4C[C@@H](N)[C@]3(C)C1[C@@H]2C. The Labute approximate surface area is 189 Å². The standard InChI is InChI=1S/C27H45NO3/c1-15-7-10-27(30-14-15)16(2)24-22(31-27)12-21-19-6-5-17-11-18(29)8-9-25(17,3)20(19)13-23(28)26(21,24)4/h15-24,29H,5-14,28H2,1-4H3/t15-,16+,17?,18+,19?,20?,21?,22?,23-,24?,25+,26-,27-/m1/s1. The van der Waals surface area contributed by atoms with E-state index in [1.165, 1.54) is 38.5 Å². The molecule has 31 heavy (non-hydrogen) atoms. The molecule has 1 spiro atoms. The van der Waals surface area contributed by atoms with Crippen LogP contribution in [0, 0.1) is 52.3 Å². The zero-order valence-electron chi connectivity index (χ0n) is 20.2. The van der Waals surface area contributed by atoms with Crippen molar-refractivity contribution in [3.63, 3.8) is 0 Å². The first-order chi connectivity index (χ1) is 14.7. The normalized spacial score (nSPS) is 63.3. The van der Waals surface area contributed by atoms with E-state index in [0.717, 1.165) is 37.7 Å². The van der Waals surface area contributed by atoms with E-state index in [0.29, 0.717) is 41.1 Å². The van der Waals surface area contributed by atoms with Gasteiger partial charge in [0.2, 0.25) is 0 Å². The number of hydrogen-bond acceptors (Lipinski definition) is 4. The fourth-order valence-corrected chi connectivity index (χ4v) is 10.3. The second-order valence-corrected chi connectivity index (χ2v) is 13.3. The molecule has 0 bridgehead atoms. The minimum absolute atomic E-state index is 0.0772. The monoisotopic (exact) mass is 431 g/mol. The number of ether oxygens (including phenoxy) is 2. The number of aliphatic hydroxyl groups is 1. The van der Waals surface area contributed by atoms with E-state index in [1.807, 2.05) is 0 Å². The van der Waals surface area contributed by atoms with Crippen molar-refractivity contribution in [1.82, 2.24) is 0 Å². The summed E-state index contributed by atoms with van der Waals surface area (Å²) in [7, 11) is 0. The predicted molar refractivity (Wildman–Crippen MR) is 121 cm³/mol. The average molecular weight is 432 g/mol. The second kappa shape index (κ2) is 6.93. The van der Waals surface area contributed by atoms with E-state index >= 15 is 0 Å². The van der Waals surface area contributed by atoms with Crippen LogP contribution in [0.4, 0.5) is 0 Å². The number of rotatable bonds is 0. The van der Waals surface area contributed by atoms with Crippen molar-refractivity contribution in [2.45, 2.75) is 110 Å². The van der Waals surface area contributed by atoms with Crippen LogP contribution >= 0.6 is 0 Å². The number of fused-ring (bicyclic) bond motifs is 7. The molecule has 6 aliphatic rings. The summed E-state index contributed by atoms with van der Waals surface area (Å²) in [4.78, 5) is 0. The van der Waals surface area contributed by atoms with Crippen LogP contribution in [0.2, 0.25) is 0 Å². The molecule has 0 aromatic carbocycles. The van der Waals surface area contributed by atoms with Gasteiger partial charge in [-0.05, 0) is 91.8 Å². The molecule has 2 saturated heterocycles. The molecule has 176 valence electrons. The topological polar surface area (TPSA) is 64.7 Å². The molecule has 13 atom stereocenters. The van der Waals surface area contributed by atoms with Crippen LogP contribution in [0.5, 0.6) is 0 Å². The van der Waals surface area contributed by atoms with E-state index in [4.69, 9.17) is 15.2 Å². The minimum atomic E-state index is -0.352. The van der Waals surface area contributed by atoms with Crippen LogP contribution in [-0.2, 0) is 9.47 Å². The Kier molecular flexibility index (Phi) is 4.78. The van der Waals surface area contributed by atoms with E-state index in [9.17, 15) is 5.11 Å². The highest BCUT2D eigenvalue weighted by Crippen LogP contribution is 2.71. The third-order valence-electron chi connectivity index (χ3n) is 12.1. The lowest BCUT2D eigenvalue weighted by molar-refractivity contribution is -0.273. The quantitative estimate of drug-likeness (QED) is 0.582. The maximum atomic E-state index is 10.3. The summed E-state index contributed by atoms with van der Waals surface area (Å²) in [6, 6.07) is 0.250. The summed E-state index contributed by atoms with van der Waals surface area (Å²) in [6.45, 7) is 10.6. The van der Waals surface area contributed by atoms with Crippen LogP contribution in [0.3, 0.4) is 0 Å². The van der Waals surface area contributed by atoms with Gasteiger partial charge in [-0.15, -0.1) is 0 Å².